The summed E-state index contributed by atoms with van der Waals surface area (Å²) >= 11 is 0. The number of halogens is 1. The fourth-order valence-corrected chi connectivity index (χ4v) is 1.37. The van der Waals surface area contributed by atoms with E-state index in [1.165, 1.54) is 12.1 Å². The van der Waals surface area contributed by atoms with E-state index < -0.39 is 11.7 Å². The average Bonchev–Trinajstić information content (AvgIpc) is 3.13. The molecule has 2 rings (SSSR count). The Morgan fingerprint density at radius 2 is 2.00 bits per heavy atom. The quantitative estimate of drug-likeness (QED) is 0.760. The summed E-state index contributed by atoms with van der Waals surface area (Å²) in [4.78, 5) is 22.8. The third kappa shape index (κ3) is 2.81. The molecule has 0 heterocycles. The first-order valence-corrected chi connectivity index (χ1v) is 5.44. The molecule has 1 fully saturated rings. The lowest BCUT2D eigenvalue weighted by Gasteiger charge is -2.07. The number of rotatable bonds is 2. The Labute approximate surface area is 98.2 Å². The maximum atomic E-state index is 13.2. The molecule has 1 aromatic carbocycles. The SMILES string of the molecule is Cc1ccc(C(=O)NNC(=O)C2CC2)cc1F. The van der Waals surface area contributed by atoms with E-state index in [1.807, 2.05) is 0 Å². The third-order valence-electron chi connectivity index (χ3n) is 2.68. The normalized spacial score (nSPS) is 14.2. The predicted molar refractivity (Wildman–Crippen MR) is 59.5 cm³/mol. The summed E-state index contributed by atoms with van der Waals surface area (Å²) in [7, 11) is 0. The number of aryl methyl sites for hydroxylation is 1. The van der Waals surface area contributed by atoms with Crippen molar-refractivity contribution < 1.29 is 14.0 Å². The molecular weight excluding hydrogens is 223 g/mol. The molecule has 1 aliphatic rings. The highest BCUT2D eigenvalue weighted by Gasteiger charge is 2.29. The Kier molecular flexibility index (Phi) is 3.08. The van der Waals surface area contributed by atoms with Crippen LogP contribution in [-0.4, -0.2) is 11.8 Å². The zero-order valence-corrected chi connectivity index (χ0v) is 9.42. The molecule has 0 aliphatic heterocycles. The van der Waals surface area contributed by atoms with Crippen molar-refractivity contribution >= 4 is 11.8 Å². The van der Waals surface area contributed by atoms with Crippen LogP contribution in [0.4, 0.5) is 4.39 Å². The van der Waals surface area contributed by atoms with Gasteiger partial charge in [-0.1, -0.05) is 6.07 Å². The minimum absolute atomic E-state index is 0.0186. The molecule has 0 aromatic heterocycles. The van der Waals surface area contributed by atoms with E-state index >= 15 is 0 Å². The highest BCUT2D eigenvalue weighted by atomic mass is 19.1. The lowest BCUT2D eigenvalue weighted by Crippen LogP contribution is -2.42. The Morgan fingerprint density at radius 3 is 2.59 bits per heavy atom. The van der Waals surface area contributed by atoms with Gasteiger partial charge in [-0.25, -0.2) is 4.39 Å². The number of carbonyl (C=O) groups excluding carboxylic acids is 2. The molecule has 0 spiro atoms. The maximum Gasteiger partial charge on any atom is 0.269 e. The number of hydrogen-bond donors (Lipinski definition) is 2. The van der Waals surface area contributed by atoms with Crippen molar-refractivity contribution in [3.05, 3.63) is 35.1 Å². The summed E-state index contributed by atoms with van der Waals surface area (Å²) in [5, 5.41) is 0. The lowest BCUT2D eigenvalue weighted by molar-refractivity contribution is -0.123. The Morgan fingerprint density at radius 1 is 1.29 bits per heavy atom. The van der Waals surface area contributed by atoms with Gasteiger partial charge in [0, 0.05) is 11.5 Å². The first-order valence-electron chi connectivity index (χ1n) is 5.44. The van der Waals surface area contributed by atoms with Gasteiger partial charge in [0.05, 0.1) is 0 Å². The average molecular weight is 236 g/mol. The van der Waals surface area contributed by atoms with Crippen LogP contribution in [0.15, 0.2) is 18.2 Å². The van der Waals surface area contributed by atoms with Crippen LogP contribution < -0.4 is 10.9 Å². The van der Waals surface area contributed by atoms with Crippen LogP contribution in [0, 0.1) is 18.7 Å². The fraction of sp³-hybridized carbons (Fsp3) is 0.333. The summed E-state index contributed by atoms with van der Waals surface area (Å²) in [5.41, 5.74) is 5.24. The van der Waals surface area contributed by atoms with Crippen molar-refractivity contribution in [3.63, 3.8) is 0 Å². The van der Waals surface area contributed by atoms with Gasteiger partial charge in [-0.2, -0.15) is 0 Å². The van der Waals surface area contributed by atoms with Gasteiger partial charge in [-0.3, -0.25) is 20.4 Å². The van der Waals surface area contributed by atoms with Crippen LogP contribution in [0.1, 0.15) is 28.8 Å². The number of hydrazine groups is 1. The van der Waals surface area contributed by atoms with Crippen molar-refractivity contribution in [1.82, 2.24) is 10.9 Å². The zero-order chi connectivity index (χ0) is 12.4. The van der Waals surface area contributed by atoms with Crippen LogP contribution in [-0.2, 0) is 4.79 Å². The van der Waals surface area contributed by atoms with E-state index in [0.717, 1.165) is 18.9 Å². The van der Waals surface area contributed by atoms with Gasteiger partial charge >= 0.3 is 0 Å². The second kappa shape index (κ2) is 4.53. The van der Waals surface area contributed by atoms with Crippen LogP contribution in [0.3, 0.4) is 0 Å². The molecule has 0 bridgehead atoms. The topological polar surface area (TPSA) is 58.2 Å². The molecular formula is C12H13FN2O2. The maximum absolute atomic E-state index is 13.2. The van der Waals surface area contributed by atoms with E-state index in [1.54, 1.807) is 6.92 Å². The summed E-state index contributed by atoms with van der Waals surface area (Å²) in [6.45, 7) is 1.62. The van der Waals surface area contributed by atoms with Crippen molar-refractivity contribution in [2.45, 2.75) is 19.8 Å². The monoisotopic (exact) mass is 236 g/mol. The van der Waals surface area contributed by atoms with E-state index in [2.05, 4.69) is 10.9 Å². The Hall–Kier alpha value is -1.91. The minimum atomic E-state index is -0.516. The van der Waals surface area contributed by atoms with Crippen molar-refractivity contribution in [2.24, 2.45) is 5.92 Å². The molecule has 5 heteroatoms. The summed E-state index contributed by atoms with van der Waals surface area (Å²) < 4.78 is 13.2. The minimum Gasteiger partial charge on any atom is -0.273 e. The van der Waals surface area contributed by atoms with Crippen molar-refractivity contribution in [2.75, 3.05) is 0 Å². The highest BCUT2D eigenvalue weighted by Crippen LogP contribution is 2.28. The van der Waals surface area contributed by atoms with E-state index in [-0.39, 0.29) is 17.4 Å². The Balaban J connectivity index is 1.94. The second-order valence-corrected chi connectivity index (χ2v) is 4.18. The largest absolute Gasteiger partial charge is 0.273 e. The molecule has 0 radical (unpaired) electrons. The van der Waals surface area contributed by atoms with Crippen LogP contribution in [0.5, 0.6) is 0 Å². The number of nitrogens with one attached hydrogen (secondary N) is 2. The predicted octanol–water partition coefficient (Wildman–Crippen LogP) is 1.31. The fourth-order valence-electron chi connectivity index (χ4n) is 1.37. The molecule has 1 aromatic rings. The second-order valence-electron chi connectivity index (χ2n) is 4.18. The van der Waals surface area contributed by atoms with Crippen LogP contribution in [0.2, 0.25) is 0 Å². The standard InChI is InChI=1S/C12H13FN2O2/c1-7-2-3-9(6-10(7)13)12(17)15-14-11(16)8-4-5-8/h2-3,6,8H,4-5H2,1H3,(H,14,16)(H,15,17). The first-order chi connectivity index (χ1) is 8.08. The van der Waals surface area contributed by atoms with Gasteiger partial charge in [0.1, 0.15) is 5.82 Å². The molecule has 4 nitrogen and oxygen atoms in total. The van der Waals surface area contributed by atoms with Gasteiger partial charge in [0.15, 0.2) is 0 Å². The van der Waals surface area contributed by atoms with Gasteiger partial charge in [0.2, 0.25) is 5.91 Å². The van der Waals surface area contributed by atoms with E-state index in [0.29, 0.717) is 5.56 Å². The van der Waals surface area contributed by atoms with Gasteiger partial charge in [-0.15, -0.1) is 0 Å². The summed E-state index contributed by atoms with van der Waals surface area (Å²) in [6, 6.07) is 4.18. The summed E-state index contributed by atoms with van der Waals surface area (Å²) in [5.74, 6) is -1.12. The highest BCUT2D eigenvalue weighted by molar-refractivity contribution is 5.95. The number of hydrogen-bond acceptors (Lipinski definition) is 2. The molecule has 2 N–H and O–H groups in total. The number of carbonyl (C=O) groups is 2. The first kappa shape index (κ1) is 11.6. The van der Waals surface area contributed by atoms with E-state index in [9.17, 15) is 14.0 Å². The molecule has 1 saturated carbocycles. The molecule has 0 unspecified atom stereocenters. The van der Waals surface area contributed by atoms with Crippen LogP contribution in [0.25, 0.3) is 0 Å². The molecule has 2 amide bonds. The van der Waals surface area contributed by atoms with Gasteiger partial charge in [-0.05, 0) is 37.5 Å². The van der Waals surface area contributed by atoms with Crippen molar-refractivity contribution in [1.29, 1.82) is 0 Å². The van der Waals surface area contributed by atoms with Crippen LogP contribution >= 0.6 is 0 Å². The molecule has 90 valence electrons. The molecule has 0 saturated heterocycles. The van der Waals surface area contributed by atoms with Gasteiger partial charge in [0.25, 0.3) is 5.91 Å². The lowest BCUT2D eigenvalue weighted by atomic mass is 10.1. The van der Waals surface area contributed by atoms with E-state index in [4.69, 9.17) is 0 Å². The van der Waals surface area contributed by atoms with Gasteiger partial charge < -0.3 is 0 Å². The number of amides is 2. The Bertz CT molecular complexity index is 470. The molecule has 1 aliphatic carbocycles. The van der Waals surface area contributed by atoms with Crippen molar-refractivity contribution in [3.8, 4) is 0 Å². The molecule has 17 heavy (non-hydrogen) atoms. The summed E-state index contributed by atoms with van der Waals surface area (Å²) in [6.07, 6.45) is 1.72. The molecule has 0 atom stereocenters. The third-order valence-corrected chi connectivity index (χ3v) is 2.68. The smallest absolute Gasteiger partial charge is 0.269 e. The zero-order valence-electron chi connectivity index (χ0n) is 9.42. The number of benzene rings is 1.